The number of nitrogens with zero attached hydrogens (tertiary/aromatic N) is 1. The second kappa shape index (κ2) is 8.92. The van der Waals surface area contributed by atoms with E-state index in [1.165, 1.54) is 0 Å². The van der Waals surface area contributed by atoms with E-state index in [4.69, 9.17) is 16.3 Å². The van der Waals surface area contributed by atoms with Crippen molar-refractivity contribution in [3.05, 3.63) is 64.7 Å². The Morgan fingerprint density at radius 3 is 2.54 bits per heavy atom. The summed E-state index contributed by atoms with van der Waals surface area (Å²) in [5.74, 6) is 0.611. The Labute approximate surface area is 169 Å². The van der Waals surface area contributed by atoms with E-state index in [0.29, 0.717) is 30.1 Å². The maximum absolute atomic E-state index is 12.6. The number of benzene rings is 2. The number of carbonyl (C=O) groups is 1. The summed E-state index contributed by atoms with van der Waals surface area (Å²) >= 11 is 5.86. The first-order valence-electron chi connectivity index (χ1n) is 9.20. The van der Waals surface area contributed by atoms with E-state index in [1.807, 2.05) is 24.3 Å². The third kappa shape index (κ3) is 4.83. The fourth-order valence-electron chi connectivity index (χ4n) is 3.30. The standard InChI is InChI=1S/C21H25ClN2O4/c1-28-18-8-2-15(3-9-18)12-23-14-21(27)10-11-24(13-19(21)25)20(26)16-4-6-17(22)7-5-16/h2-9,19,23,25,27H,10-14H2,1H3/t19-,21-/m0/s1. The highest BCUT2D eigenvalue weighted by molar-refractivity contribution is 6.30. The van der Waals surface area contributed by atoms with E-state index >= 15 is 0 Å². The van der Waals surface area contributed by atoms with Crippen LogP contribution in [0.1, 0.15) is 22.3 Å². The van der Waals surface area contributed by atoms with Gasteiger partial charge in [0.2, 0.25) is 0 Å². The summed E-state index contributed by atoms with van der Waals surface area (Å²) < 4.78 is 5.13. The van der Waals surface area contributed by atoms with Crippen LogP contribution in [-0.4, -0.2) is 59.5 Å². The number of likely N-dealkylation sites (tertiary alicyclic amines) is 1. The molecule has 0 unspecified atom stereocenters. The van der Waals surface area contributed by atoms with Crippen molar-refractivity contribution in [2.45, 2.75) is 24.7 Å². The summed E-state index contributed by atoms with van der Waals surface area (Å²) in [6, 6.07) is 14.3. The molecule has 0 aliphatic carbocycles. The molecule has 0 aromatic heterocycles. The molecule has 3 rings (SSSR count). The summed E-state index contributed by atoms with van der Waals surface area (Å²) in [4.78, 5) is 14.1. The highest BCUT2D eigenvalue weighted by atomic mass is 35.5. The first-order chi connectivity index (χ1) is 13.4. The smallest absolute Gasteiger partial charge is 0.253 e. The summed E-state index contributed by atoms with van der Waals surface area (Å²) in [6.07, 6.45) is -0.732. The lowest BCUT2D eigenvalue weighted by Gasteiger charge is -2.42. The van der Waals surface area contributed by atoms with Crippen LogP contribution >= 0.6 is 11.6 Å². The SMILES string of the molecule is COc1ccc(CNC[C@@]2(O)CCN(C(=O)c3ccc(Cl)cc3)C[C@@H]2O)cc1. The molecule has 150 valence electrons. The second-order valence-corrected chi connectivity index (χ2v) is 7.52. The highest BCUT2D eigenvalue weighted by Gasteiger charge is 2.41. The summed E-state index contributed by atoms with van der Waals surface area (Å²) in [6.45, 7) is 1.26. The molecule has 6 nitrogen and oxygen atoms in total. The predicted octanol–water partition coefficient (Wildman–Crippen LogP) is 2.08. The van der Waals surface area contributed by atoms with Crippen LogP contribution < -0.4 is 10.1 Å². The average molecular weight is 405 g/mol. The topological polar surface area (TPSA) is 82.0 Å². The van der Waals surface area contributed by atoms with Crippen LogP contribution in [0.3, 0.4) is 0 Å². The van der Waals surface area contributed by atoms with E-state index in [1.54, 1.807) is 36.3 Å². The zero-order valence-corrected chi connectivity index (χ0v) is 16.5. The number of rotatable bonds is 6. The molecule has 0 spiro atoms. The third-order valence-electron chi connectivity index (χ3n) is 5.13. The Morgan fingerprint density at radius 1 is 1.25 bits per heavy atom. The Bertz CT molecular complexity index is 797. The molecule has 1 aliphatic heterocycles. The minimum Gasteiger partial charge on any atom is -0.497 e. The number of methoxy groups -OCH3 is 1. The van der Waals surface area contributed by atoms with Gasteiger partial charge in [-0.25, -0.2) is 0 Å². The van der Waals surface area contributed by atoms with Gasteiger partial charge in [-0.15, -0.1) is 0 Å². The number of piperidine rings is 1. The first kappa shape index (κ1) is 20.6. The van der Waals surface area contributed by atoms with Crippen LogP contribution in [0.5, 0.6) is 5.75 Å². The van der Waals surface area contributed by atoms with Crippen molar-refractivity contribution >= 4 is 17.5 Å². The summed E-state index contributed by atoms with van der Waals surface area (Å²) in [5.41, 5.74) is 0.289. The van der Waals surface area contributed by atoms with E-state index in [0.717, 1.165) is 11.3 Å². The number of carbonyl (C=O) groups excluding carboxylic acids is 1. The fraction of sp³-hybridized carbons (Fsp3) is 0.381. The van der Waals surface area contributed by atoms with Gasteiger partial charge in [0, 0.05) is 36.8 Å². The number of ether oxygens (including phenoxy) is 1. The number of aliphatic hydroxyl groups is 2. The molecule has 0 saturated carbocycles. The zero-order chi connectivity index (χ0) is 20.1. The number of nitrogens with one attached hydrogen (secondary N) is 1. The summed E-state index contributed by atoms with van der Waals surface area (Å²) in [5, 5.41) is 25.1. The van der Waals surface area contributed by atoms with Gasteiger partial charge in [0.25, 0.3) is 5.91 Å². The van der Waals surface area contributed by atoms with Gasteiger partial charge in [-0.05, 0) is 48.4 Å². The Hall–Kier alpha value is -2.12. The summed E-state index contributed by atoms with van der Waals surface area (Å²) in [7, 11) is 1.62. The molecule has 3 N–H and O–H groups in total. The highest BCUT2D eigenvalue weighted by Crippen LogP contribution is 2.24. The molecule has 7 heteroatoms. The van der Waals surface area contributed by atoms with Crippen molar-refractivity contribution in [2.24, 2.45) is 0 Å². The lowest BCUT2D eigenvalue weighted by molar-refractivity contribution is -0.110. The van der Waals surface area contributed by atoms with Gasteiger partial charge in [-0.3, -0.25) is 4.79 Å². The van der Waals surface area contributed by atoms with Crippen molar-refractivity contribution in [2.75, 3.05) is 26.7 Å². The molecular weight excluding hydrogens is 380 g/mol. The normalized spacial score (nSPS) is 22.1. The molecule has 2 aromatic carbocycles. The monoisotopic (exact) mass is 404 g/mol. The van der Waals surface area contributed by atoms with Crippen LogP contribution in [0.15, 0.2) is 48.5 Å². The number of β-amino-alcohol motifs (C(OH)–C–C–N with tert-alkyl or cyclic N) is 1. The molecule has 1 aliphatic rings. The Kier molecular flexibility index (Phi) is 6.57. The zero-order valence-electron chi connectivity index (χ0n) is 15.8. The molecule has 2 atom stereocenters. The average Bonchev–Trinajstić information content (AvgIpc) is 2.71. The molecule has 1 saturated heterocycles. The number of hydrogen-bond acceptors (Lipinski definition) is 5. The molecular formula is C21H25ClN2O4. The number of aliphatic hydroxyl groups excluding tert-OH is 1. The van der Waals surface area contributed by atoms with Gasteiger partial charge in [0.1, 0.15) is 17.5 Å². The fourth-order valence-corrected chi connectivity index (χ4v) is 3.42. The van der Waals surface area contributed by atoms with Gasteiger partial charge in [0.15, 0.2) is 0 Å². The number of halogens is 1. The van der Waals surface area contributed by atoms with Gasteiger partial charge in [-0.2, -0.15) is 0 Å². The molecule has 1 fully saturated rings. The second-order valence-electron chi connectivity index (χ2n) is 7.08. The van der Waals surface area contributed by atoms with Gasteiger partial charge < -0.3 is 25.2 Å². The van der Waals surface area contributed by atoms with Crippen LogP contribution in [0.2, 0.25) is 5.02 Å². The van der Waals surface area contributed by atoms with Crippen LogP contribution in [0.4, 0.5) is 0 Å². The Balaban J connectivity index is 1.53. The Morgan fingerprint density at radius 2 is 1.93 bits per heavy atom. The molecule has 0 radical (unpaired) electrons. The van der Waals surface area contributed by atoms with Gasteiger partial charge in [-0.1, -0.05) is 23.7 Å². The quantitative estimate of drug-likeness (QED) is 0.686. The largest absolute Gasteiger partial charge is 0.497 e. The van der Waals surface area contributed by atoms with Crippen molar-refractivity contribution in [3.8, 4) is 5.75 Å². The molecule has 28 heavy (non-hydrogen) atoms. The van der Waals surface area contributed by atoms with Crippen LogP contribution in [0, 0.1) is 0 Å². The third-order valence-corrected chi connectivity index (χ3v) is 5.38. The minimum atomic E-state index is -1.27. The number of hydrogen-bond donors (Lipinski definition) is 3. The van der Waals surface area contributed by atoms with Crippen molar-refractivity contribution in [1.82, 2.24) is 10.2 Å². The van der Waals surface area contributed by atoms with E-state index in [-0.39, 0.29) is 19.0 Å². The molecule has 2 aromatic rings. The number of amides is 1. The predicted molar refractivity (Wildman–Crippen MR) is 108 cm³/mol. The van der Waals surface area contributed by atoms with E-state index < -0.39 is 11.7 Å². The van der Waals surface area contributed by atoms with Gasteiger partial charge >= 0.3 is 0 Å². The van der Waals surface area contributed by atoms with Gasteiger partial charge in [0.05, 0.1) is 7.11 Å². The van der Waals surface area contributed by atoms with Crippen LogP contribution in [-0.2, 0) is 6.54 Å². The first-order valence-corrected chi connectivity index (χ1v) is 9.58. The van der Waals surface area contributed by atoms with Crippen molar-refractivity contribution < 1.29 is 19.7 Å². The van der Waals surface area contributed by atoms with Crippen LogP contribution in [0.25, 0.3) is 0 Å². The van der Waals surface area contributed by atoms with Crippen molar-refractivity contribution in [1.29, 1.82) is 0 Å². The van der Waals surface area contributed by atoms with E-state index in [9.17, 15) is 15.0 Å². The maximum Gasteiger partial charge on any atom is 0.253 e. The molecule has 0 bridgehead atoms. The lowest BCUT2D eigenvalue weighted by Crippen LogP contribution is -2.60. The molecule has 1 heterocycles. The van der Waals surface area contributed by atoms with E-state index in [2.05, 4.69) is 5.32 Å². The van der Waals surface area contributed by atoms with Crippen molar-refractivity contribution in [3.63, 3.8) is 0 Å². The maximum atomic E-state index is 12.6. The lowest BCUT2D eigenvalue weighted by atomic mass is 9.88. The molecule has 1 amide bonds. The minimum absolute atomic E-state index is 0.0855.